The van der Waals surface area contributed by atoms with Crippen molar-refractivity contribution in [3.63, 3.8) is 0 Å². The van der Waals surface area contributed by atoms with Gasteiger partial charge in [0.1, 0.15) is 0 Å². The van der Waals surface area contributed by atoms with Gasteiger partial charge in [0.2, 0.25) is 0 Å². The van der Waals surface area contributed by atoms with E-state index in [9.17, 15) is 0 Å². The fourth-order valence-electron chi connectivity index (χ4n) is 2.43. The molecule has 2 aromatic rings. The number of aryl methyl sites for hydroxylation is 1. The highest BCUT2D eigenvalue weighted by molar-refractivity contribution is 5.96. The van der Waals surface area contributed by atoms with E-state index in [-0.39, 0.29) is 0 Å². The molecule has 2 N–H and O–H groups in total. The zero-order valence-electron chi connectivity index (χ0n) is 12.4. The molecule has 19 heavy (non-hydrogen) atoms. The van der Waals surface area contributed by atoms with Crippen molar-refractivity contribution in [1.29, 1.82) is 0 Å². The van der Waals surface area contributed by atoms with Gasteiger partial charge in [-0.1, -0.05) is 0 Å². The first kappa shape index (κ1) is 13.6. The van der Waals surface area contributed by atoms with Gasteiger partial charge in [0.15, 0.2) is 0 Å². The first-order valence-corrected chi connectivity index (χ1v) is 6.43. The van der Waals surface area contributed by atoms with Crippen molar-refractivity contribution in [2.45, 2.75) is 13.5 Å². The highest BCUT2D eigenvalue weighted by Crippen LogP contribution is 2.32. The maximum Gasteiger partial charge on any atom is 0.0727 e. The molecular weight excluding hydrogens is 236 g/mol. The summed E-state index contributed by atoms with van der Waals surface area (Å²) in [5.41, 5.74) is 11.4. The number of fused-ring (bicyclic) bond motifs is 1. The molecule has 1 aromatic heterocycles. The lowest BCUT2D eigenvalue weighted by Gasteiger charge is -2.22. The minimum Gasteiger partial charge on any atom is -0.378 e. The van der Waals surface area contributed by atoms with Crippen molar-refractivity contribution < 1.29 is 0 Å². The third-order valence-electron chi connectivity index (χ3n) is 3.41. The number of anilines is 2. The summed E-state index contributed by atoms with van der Waals surface area (Å²) in [5, 5.41) is 1.15. The average Bonchev–Trinajstić information content (AvgIpc) is 2.36. The summed E-state index contributed by atoms with van der Waals surface area (Å²) in [6.45, 7) is 2.53. The molecular formula is C15H22N4. The van der Waals surface area contributed by atoms with Gasteiger partial charge in [0.25, 0.3) is 0 Å². The fourth-order valence-corrected chi connectivity index (χ4v) is 2.43. The average molecular weight is 258 g/mol. The van der Waals surface area contributed by atoms with Crippen LogP contribution in [0.1, 0.15) is 11.3 Å². The molecule has 4 nitrogen and oxygen atoms in total. The largest absolute Gasteiger partial charge is 0.378 e. The van der Waals surface area contributed by atoms with E-state index in [1.165, 1.54) is 11.4 Å². The van der Waals surface area contributed by atoms with Gasteiger partial charge in [0, 0.05) is 57.1 Å². The number of pyridine rings is 1. The Morgan fingerprint density at radius 3 is 2.32 bits per heavy atom. The summed E-state index contributed by atoms with van der Waals surface area (Å²) in [6, 6.07) is 6.34. The zero-order chi connectivity index (χ0) is 14.2. The Hall–Kier alpha value is -1.81. The Morgan fingerprint density at radius 1 is 1.11 bits per heavy atom. The number of nitrogens with two attached hydrogens (primary N) is 1. The Bertz CT molecular complexity index is 603. The second-order valence-electron chi connectivity index (χ2n) is 5.22. The molecule has 0 saturated heterocycles. The fraction of sp³-hybridized carbons (Fsp3) is 0.400. The molecule has 0 bridgehead atoms. The molecule has 0 atom stereocenters. The third kappa shape index (κ3) is 2.36. The smallest absolute Gasteiger partial charge is 0.0727 e. The van der Waals surface area contributed by atoms with Crippen LogP contribution >= 0.6 is 0 Å². The standard InChI is InChI=1S/C15H22N4/c1-10-13(9-16)15(19(4)5)12-8-11(18(2)3)6-7-14(12)17-10/h6-8H,9,16H2,1-5H3. The molecule has 1 heterocycles. The lowest BCUT2D eigenvalue weighted by atomic mass is 10.0. The van der Waals surface area contributed by atoms with E-state index in [4.69, 9.17) is 5.73 Å². The summed E-state index contributed by atoms with van der Waals surface area (Å²) >= 11 is 0. The van der Waals surface area contributed by atoms with Crippen molar-refractivity contribution in [3.8, 4) is 0 Å². The van der Waals surface area contributed by atoms with Gasteiger partial charge in [-0.3, -0.25) is 4.98 Å². The molecule has 0 unspecified atom stereocenters. The summed E-state index contributed by atoms with van der Waals surface area (Å²) in [5.74, 6) is 0. The second kappa shape index (κ2) is 5.05. The molecule has 0 saturated carbocycles. The quantitative estimate of drug-likeness (QED) is 0.916. The third-order valence-corrected chi connectivity index (χ3v) is 3.41. The van der Waals surface area contributed by atoms with Gasteiger partial charge < -0.3 is 15.5 Å². The summed E-state index contributed by atoms with van der Waals surface area (Å²) in [4.78, 5) is 8.89. The highest BCUT2D eigenvalue weighted by atomic mass is 15.1. The first-order chi connectivity index (χ1) is 8.95. The first-order valence-electron chi connectivity index (χ1n) is 6.43. The van der Waals surface area contributed by atoms with Crippen LogP contribution in [0.25, 0.3) is 10.9 Å². The minimum atomic E-state index is 0.508. The van der Waals surface area contributed by atoms with Crippen LogP contribution in [-0.4, -0.2) is 33.2 Å². The van der Waals surface area contributed by atoms with Crippen LogP contribution in [0.2, 0.25) is 0 Å². The van der Waals surface area contributed by atoms with Crippen LogP contribution in [0.15, 0.2) is 18.2 Å². The Morgan fingerprint density at radius 2 is 1.79 bits per heavy atom. The van der Waals surface area contributed by atoms with E-state index in [2.05, 4.69) is 47.1 Å². The number of aromatic nitrogens is 1. The predicted molar refractivity (Wildman–Crippen MR) is 83.0 cm³/mol. The molecule has 4 heteroatoms. The van der Waals surface area contributed by atoms with E-state index in [1.54, 1.807) is 0 Å². The van der Waals surface area contributed by atoms with Crippen LogP contribution in [0.5, 0.6) is 0 Å². The molecule has 0 amide bonds. The molecule has 2 rings (SSSR count). The molecule has 0 aliphatic heterocycles. The molecule has 0 aliphatic rings. The van der Waals surface area contributed by atoms with Gasteiger partial charge in [-0.25, -0.2) is 0 Å². The Kier molecular flexibility index (Phi) is 3.62. The monoisotopic (exact) mass is 258 g/mol. The lowest BCUT2D eigenvalue weighted by molar-refractivity contribution is 0.992. The van der Waals surface area contributed by atoms with Crippen LogP contribution in [0.3, 0.4) is 0 Å². The predicted octanol–water partition coefficient (Wildman–Crippen LogP) is 2.13. The highest BCUT2D eigenvalue weighted by Gasteiger charge is 2.14. The summed E-state index contributed by atoms with van der Waals surface area (Å²) in [6.07, 6.45) is 0. The van der Waals surface area contributed by atoms with E-state index >= 15 is 0 Å². The molecule has 0 aliphatic carbocycles. The van der Waals surface area contributed by atoms with Gasteiger partial charge in [-0.2, -0.15) is 0 Å². The van der Waals surface area contributed by atoms with E-state index in [0.29, 0.717) is 6.54 Å². The minimum absolute atomic E-state index is 0.508. The molecule has 102 valence electrons. The van der Waals surface area contributed by atoms with Gasteiger partial charge in [-0.05, 0) is 25.1 Å². The van der Waals surface area contributed by atoms with Gasteiger partial charge >= 0.3 is 0 Å². The van der Waals surface area contributed by atoms with Crippen LogP contribution in [0.4, 0.5) is 11.4 Å². The molecule has 0 radical (unpaired) electrons. The van der Waals surface area contributed by atoms with Crippen LogP contribution in [0, 0.1) is 6.92 Å². The van der Waals surface area contributed by atoms with Crippen LogP contribution < -0.4 is 15.5 Å². The molecule has 0 fully saturated rings. The lowest BCUT2D eigenvalue weighted by Crippen LogP contribution is -2.16. The molecule has 1 aromatic carbocycles. The van der Waals surface area contributed by atoms with Gasteiger partial charge in [-0.15, -0.1) is 0 Å². The Balaban J connectivity index is 2.83. The molecule has 0 spiro atoms. The number of hydrogen-bond donors (Lipinski definition) is 1. The number of benzene rings is 1. The normalized spacial score (nSPS) is 10.8. The van der Waals surface area contributed by atoms with Gasteiger partial charge in [0.05, 0.1) is 11.2 Å². The Labute approximate surface area is 114 Å². The summed E-state index contributed by atoms with van der Waals surface area (Å²) in [7, 11) is 8.19. The number of hydrogen-bond acceptors (Lipinski definition) is 4. The number of rotatable bonds is 3. The van der Waals surface area contributed by atoms with Crippen molar-refractivity contribution in [3.05, 3.63) is 29.5 Å². The maximum atomic E-state index is 5.90. The van der Waals surface area contributed by atoms with Crippen molar-refractivity contribution in [2.24, 2.45) is 5.73 Å². The topological polar surface area (TPSA) is 45.4 Å². The summed E-state index contributed by atoms with van der Waals surface area (Å²) < 4.78 is 0. The van der Waals surface area contributed by atoms with Crippen molar-refractivity contribution >= 4 is 22.3 Å². The number of nitrogens with zero attached hydrogens (tertiary/aromatic N) is 3. The van der Waals surface area contributed by atoms with E-state index in [1.807, 2.05) is 21.0 Å². The van der Waals surface area contributed by atoms with Crippen molar-refractivity contribution in [1.82, 2.24) is 4.98 Å². The maximum absolute atomic E-state index is 5.90. The second-order valence-corrected chi connectivity index (χ2v) is 5.22. The van der Waals surface area contributed by atoms with E-state index in [0.717, 1.165) is 22.2 Å². The van der Waals surface area contributed by atoms with Crippen LogP contribution in [-0.2, 0) is 6.54 Å². The van der Waals surface area contributed by atoms with Crippen molar-refractivity contribution in [2.75, 3.05) is 38.0 Å². The van der Waals surface area contributed by atoms with E-state index < -0.39 is 0 Å². The SMILES string of the molecule is Cc1nc2ccc(N(C)C)cc2c(N(C)C)c1CN. The zero-order valence-corrected chi connectivity index (χ0v) is 12.4.